The molecule has 2 aromatic rings. The highest BCUT2D eigenvalue weighted by molar-refractivity contribution is 6.02. The lowest BCUT2D eigenvalue weighted by molar-refractivity contribution is -0.120. The van der Waals surface area contributed by atoms with E-state index in [1.165, 1.54) is 23.1 Å². The smallest absolute Gasteiger partial charge is 0.259 e. The summed E-state index contributed by atoms with van der Waals surface area (Å²) in [6, 6.07) is 3.22. The molecule has 0 aromatic carbocycles. The number of anilines is 1. The molecule has 124 valence electrons. The summed E-state index contributed by atoms with van der Waals surface area (Å²) in [5, 5.41) is 0. The first-order chi connectivity index (χ1) is 11.6. The summed E-state index contributed by atoms with van der Waals surface area (Å²) in [5.41, 5.74) is 0.291. The normalized spacial score (nSPS) is 14.7. The van der Waals surface area contributed by atoms with Crippen molar-refractivity contribution in [2.24, 2.45) is 0 Å². The van der Waals surface area contributed by atoms with E-state index < -0.39 is 5.82 Å². The number of ether oxygens (including phenoxy) is 1. The van der Waals surface area contributed by atoms with Gasteiger partial charge in [-0.25, -0.2) is 19.3 Å². The third-order valence-corrected chi connectivity index (χ3v) is 3.55. The minimum Gasteiger partial charge on any atom is -0.480 e. The van der Waals surface area contributed by atoms with Crippen LogP contribution in [0.25, 0.3) is 0 Å². The van der Waals surface area contributed by atoms with Gasteiger partial charge in [0.05, 0.1) is 19.5 Å². The Balaban J connectivity index is 1.74. The molecule has 0 aliphatic carbocycles. The van der Waals surface area contributed by atoms with Crippen LogP contribution in [-0.4, -0.2) is 58.4 Å². The highest BCUT2D eigenvalue weighted by atomic mass is 19.1. The third kappa shape index (κ3) is 3.00. The summed E-state index contributed by atoms with van der Waals surface area (Å²) < 4.78 is 18.0. The van der Waals surface area contributed by atoms with E-state index in [1.807, 2.05) is 0 Å². The van der Waals surface area contributed by atoms with Crippen molar-refractivity contribution in [3.8, 4) is 5.88 Å². The van der Waals surface area contributed by atoms with E-state index in [-0.39, 0.29) is 36.7 Å². The molecule has 0 bridgehead atoms. The summed E-state index contributed by atoms with van der Waals surface area (Å²) in [6.45, 7) is 0.389. The van der Waals surface area contributed by atoms with Crippen LogP contribution in [0.3, 0.4) is 0 Å². The summed E-state index contributed by atoms with van der Waals surface area (Å²) in [6.07, 6.45) is 3.51. The Hall–Kier alpha value is -3.10. The summed E-state index contributed by atoms with van der Waals surface area (Å²) >= 11 is 0. The molecule has 3 heterocycles. The monoisotopic (exact) mass is 331 g/mol. The molecule has 0 atom stereocenters. The number of carbonyl (C=O) groups is 2. The van der Waals surface area contributed by atoms with Gasteiger partial charge in [0.2, 0.25) is 17.7 Å². The molecule has 0 spiro atoms. The molecule has 0 unspecified atom stereocenters. The van der Waals surface area contributed by atoms with Gasteiger partial charge in [0.15, 0.2) is 5.82 Å². The maximum Gasteiger partial charge on any atom is 0.259 e. The van der Waals surface area contributed by atoms with E-state index in [9.17, 15) is 14.0 Å². The van der Waals surface area contributed by atoms with Crippen LogP contribution >= 0.6 is 0 Å². The number of methoxy groups -OCH3 is 1. The zero-order valence-electron chi connectivity index (χ0n) is 12.8. The van der Waals surface area contributed by atoms with Crippen LogP contribution in [-0.2, 0) is 4.79 Å². The Morgan fingerprint density at radius 2 is 2.00 bits per heavy atom. The Morgan fingerprint density at radius 3 is 2.67 bits per heavy atom. The van der Waals surface area contributed by atoms with Gasteiger partial charge in [0.25, 0.3) is 5.91 Å². The average Bonchev–Trinajstić information content (AvgIpc) is 2.62. The number of hydrogen-bond acceptors (Lipinski definition) is 6. The van der Waals surface area contributed by atoms with E-state index in [2.05, 4.69) is 15.0 Å². The second-order valence-corrected chi connectivity index (χ2v) is 5.03. The summed E-state index contributed by atoms with van der Waals surface area (Å²) in [4.78, 5) is 39.2. The van der Waals surface area contributed by atoms with Gasteiger partial charge in [0.1, 0.15) is 12.1 Å². The van der Waals surface area contributed by atoms with Gasteiger partial charge in [-0.05, 0) is 12.1 Å². The van der Waals surface area contributed by atoms with Gasteiger partial charge in [0, 0.05) is 19.3 Å². The number of amides is 2. The molecular formula is C15H14FN5O3. The van der Waals surface area contributed by atoms with Crippen molar-refractivity contribution < 1.29 is 18.7 Å². The fraction of sp³-hybridized carbons (Fsp3) is 0.267. The molecule has 3 rings (SSSR count). The number of rotatable bonds is 3. The summed E-state index contributed by atoms with van der Waals surface area (Å²) in [7, 11) is 1.42. The van der Waals surface area contributed by atoms with E-state index in [0.717, 1.165) is 12.4 Å². The molecule has 24 heavy (non-hydrogen) atoms. The maximum absolute atomic E-state index is 12.9. The highest BCUT2D eigenvalue weighted by Crippen LogP contribution is 2.19. The maximum atomic E-state index is 12.9. The van der Waals surface area contributed by atoms with E-state index in [1.54, 1.807) is 12.1 Å². The van der Waals surface area contributed by atoms with Crippen LogP contribution < -0.4 is 9.64 Å². The lowest BCUT2D eigenvalue weighted by atomic mass is 10.2. The van der Waals surface area contributed by atoms with Crippen molar-refractivity contribution in [3.63, 3.8) is 0 Å². The number of nitrogens with zero attached hydrogens (tertiary/aromatic N) is 5. The lowest BCUT2D eigenvalue weighted by Crippen LogP contribution is -2.53. The number of pyridine rings is 1. The van der Waals surface area contributed by atoms with Crippen molar-refractivity contribution >= 4 is 17.8 Å². The van der Waals surface area contributed by atoms with Gasteiger partial charge in [-0.15, -0.1) is 0 Å². The van der Waals surface area contributed by atoms with Gasteiger partial charge in [-0.3, -0.25) is 14.5 Å². The van der Waals surface area contributed by atoms with Crippen molar-refractivity contribution in [2.45, 2.75) is 0 Å². The van der Waals surface area contributed by atoms with Gasteiger partial charge < -0.3 is 9.64 Å². The largest absolute Gasteiger partial charge is 0.480 e. The Morgan fingerprint density at radius 1 is 1.25 bits per heavy atom. The van der Waals surface area contributed by atoms with E-state index in [0.29, 0.717) is 12.1 Å². The van der Waals surface area contributed by atoms with E-state index >= 15 is 0 Å². The number of carbonyl (C=O) groups excluding carboxylic acids is 2. The fourth-order valence-electron chi connectivity index (χ4n) is 2.39. The molecule has 0 saturated carbocycles. The van der Waals surface area contributed by atoms with E-state index in [4.69, 9.17) is 4.74 Å². The highest BCUT2D eigenvalue weighted by Gasteiger charge is 2.31. The van der Waals surface area contributed by atoms with Crippen LogP contribution in [0.5, 0.6) is 5.88 Å². The lowest BCUT2D eigenvalue weighted by Gasteiger charge is -2.33. The first-order valence-corrected chi connectivity index (χ1v) is 7.16. The molecule has 2 amide bonds. The quantitative estimate of drug-likeness (QED) is 0.814. The zero-order chi connectivity index (χ0) is 17.1. The third-order valence-electron chi connectivity index (χ3n) is 3.55. The second-order valence-electron chi connectivity index (χ2n) is 5.03. The minimum absolute atomic E-state index is 0.118. The summed E-state index contributed by atoms with van der Waals surface area (Å²) in [5.74, 6) is -0.938. The Kier molecular flexibility index (Phi) is 4.32. The van der Waals surface area contributed by atoms with Crippen molar-refractivity contribution in [3.05, 3.63) is 42.1 Å². The van der Waals surface area contributed by atoms with Crippen molar-refractivity contribution in [1.29, 1.82) is 0 Å². The van der Waals surface area contributed by atoms with Gasteiger partial charge in [-0.2, -0.15) is 0 Å². The first kappa shape index (κ1) is 15.8. The molecule has 1 saturated heterocycles. The van der Waals surface area contributed by atoms with Crippen molar-refractivity contribution in [2.75, 3.05) is 31.6 Å². The van der Waals surface area contributed by atoms with Crippen LogP contribution in [0.15, 0.2) is 30.7 Å². The predicted octanol–water partition coefficient (Wildman–Crippen LogP) is 0.508. The van der Waals surface area contributed by atoms with Gasteiger partial charge >= 0.3 is 0 Å². The molecule has 1 fully saturated rings. The molecule has 8 nitrogen and oxygen atoms in total. The van der Waals surface area contributed by atoms with Crippen molar-refractivity contribution in [1.82, 2.24) is 19.9 Å². The number of hydrogen-bond donors (Lipinski definition) is 0. The van der Waals surface area contributed by atoms with Crippen LogP contribution in [0, 0.1) is 5.82 Å². The predicted molar refractivity (Wildman–Crippen MR) is 81.0 cm³/mol. The number of piperazine rings is 1. The molecule has 0 radical (unpaired) electrons. The minimum atomic E-state index is -0.580. The first-order valence-electron chi connectivity index (χ1n) is 7.16. The second kappa shape index (κ2) is 6.57. The number of halogens is 1. The van der Waals surface area contributed by atoms with Gasteiger partial charge in [-0.1, -0.05) is 0 Å². The fourth-order valence-corrected chi connectivity index (χ4v) is 2.39. The molecular weight excluding hydrogens is 317 g/mol. The average molecular weight is 331 g/mol. The molecule has 0 N–H and O–H groups in total. The molecule has 1 aliphatic heterocycles. The zero-order valence-corrected chi connectivity index (χ0v) is 12.8. The van der Waals surface area contributed by atoms with Crippen LogP contribution in [0.4, 0.5) is 10.3 Å². The molecule has 9 heteroatoms. The number of aromatic nitrogens is 3. The van der Waals surface area contributed by atoms with Crippen LogP contribution in [0.1, 0.15) is 10.4 Å². The Labute approximate surface area is 136 Å². The SMILES string of the molecule is COc1ncccc1C(=O)N1CCN(c2ncc(F)cn2)C(=O)C1. The molecule has 1 aliphatic rings. The molecule has 2 aromatic heterocycles. The van der Waals surface area contributed by atoms with Crippen LogP contribution in [0.2, 0.25) is 0 Å². The standard InChI is InChI=1S/C15H14FN5O3/c1-24-13-11(3-2-4-17-13)14(23)20-5-6-21(12(22)9-20)15-18-7-10(16)8-19-15/h2-4,7-8H,5-6,9H2,1H3. The topological polar surface area (TPSA) is 88.5 Å². The Bertz CT molecular complexity index is 768.